The lowest BCUT2D eigenvalue weighted by Gasteiger charge is -2.05. The Bertz CT molecular complexity index is 1010. The highest BCUT2D eigenvalue weighted by Crippen LogP contribution is 2.36. The second-order valence-corrected chi connectivity index (χ2v) is 6.07. The maximum Gasteiger partial charge on any atom is 0.331 e. The number of benzene rings is 2. The van der Waals surface area contributed by atoms with Gasteiger partial charge in [0.15, 0.2) is 11.3 Å². The van der Waals surface area contributed by atoms with Gasteiger partial charge in [0.05, 0.1) is 14.2 Å². The highest BCUT2D eigenvalue weighted by atomic mass is 16.5. The molecule has 0 aliphatic rings. The number of methoxy groups -OCH3 is 2. The number of aliphatic carboxylic acids is 1. The smallest absolute Gasteiger partial charge is 0.331 e. The molecule has 0 saturated carbocycles. The maximum absolute atomic E-state index is 11.1. The lowest BCUT2D eigenvalue weighted by Crippen LogP contribution is -1.95. The first-order valence-corrected chi connectivity index (χ1v) is 8.11. The third-order valence-electron chi connectivity index (χ3n) is 4.24. The molecular weight excluding hydrogens is 332 g/mol. The maximum atomic E-state index is 11.1. The van der Waals surface area contributed by atoms with Crippen LogP contribution in [0.2, 0.25) is 0 Å². The Hall–Kier alpha value is -3.21. The number of carbonyl (C=O) groups is 1. The van der Waals surface area contributed by atoms with Gasteiger partial charge in [0, 0.05) is 16.5 Å². The van der Waals surface area contributed by atoms with Gasteiger partial charge >= 0.3 is 5.97 Å². The average molecular weight is 352 g/mol. The molecule has 1 heterocycles. The van der Waals surface area contributed by atoms with Crippen molar-refractivity contribution in [2.75, 3.05) is 14.2 Å². The van der Waals surface area contributed by atoms with Crippen LogP contribution in [0.3, 0.4) is 0 Å². The molecule has 2 aromatic carbocycles. The van der Waals surface area contributed by atoms with Gasteiger partial charge in [-0.3, -0.25) is 0 Å². The average Bonchev–Trinajstić information content (AvgIpc) is 3.04. The monoisotopic (exact) mass is 352 g/mol. The molecule has 3 rings (SSSR count). The van der Waals surface area contributed by atoms with Crippen LogP contribution >= 0.6 is 0 Å². The summed E-state index contributed by atoms with van der Waals surface area (Å²) in [5.74, 6) is 1.11. The van der Waals surface area contributed by atoms with Gasteiger partial charge in [-0.1, -0.05) is 0 Å². The molecule has 0 radical (unpaired) electrons. The largest absolute Gasteiger partial charge is 0.497 e. The summed E-state index contributed by atoms with van der Waals surface area (Å²) in [5.41, 5.74) is 3.61. The molecule has 0 unspecified atom stereocenters. The minimum atomic E-state index is -0.953. The van der Waals surface area contributed by atoms with Crippen molar-refractivity contribution >= 4 is 23.0 Å². The van der Waals surface area contributed by atoms with Gasteiger partial charge in [0.1, 0.15) is 11.5 Å². The predicted molar refractivity (Wildman–Crippen MR) is 101 cm³/mol. The summed E-state index contributed by atoms with van der Waals surface area (Å²) in [4.78, 5) is 11.1. The lowest BCUT2D eigenvalue weighted by atomic mass is 10.0. The number of hydrogen-bond donors (Lipinski definition) is 1. The van der Waals surface area contributed by atoms with Crippen molar-refractivity contribution in [1.82, 2.24) is 0 Å². The minimum Gasteiger partial charge on any atom is -0.497 e. The Morgan fingerprint density at radius 1 is 1.12 bits per heavy atom. The number of aryl methyl sites for hydroxylation is 1. The molecule has 3 aromatic rings. The molecule has 1 aromatic heterocycles. The zero-order valence-corrected chi connectivity index (χ0v) is 15.1. The first-order chi connectivity index (χ1) is 12.4. The molecule has 0 saturated heterocycles. The van der Waals surface area contributed by atoms with E-state index in [-0.39, 0.29) is 5.57 Å². The summed E-state index contributed by atoms with van der Waals surface area (Å²) >= 11 is 0. The number of ether oxygens (including phenoxy) is 2. The van der Waals surface area contributed by atoms with E-state index in [0.29, 0.717) is 11.3 Å². The van der Waals surface area contributed by atoms with Crippen molar-refractivity contribution < 1.29 is 23.8 Å². The molecule has 0 fully saturated rings. The highest BCUT2D eigenvalue weighted by molar-refractivity contribution is 5.94. The molecule has 0 aliphatic heterocycles. The van der Waals surface area contributed by atoms with Gasteiger partial charge < -0.3 is 19.0 Å². The molecule has 0 spiro atoms. The van der Waals surface area contributed by atoms with Crippen molar-refractivity contribution in [3.63, 3.8) is 0 Å². The first kappa shape index (κ1) is 17.6. The van der Waals surface area contributed by atoms with E-state index in [4.69, 9.17) is 19.0 Å². The van der Waals surface area contributed by atoms with Gasteiger partial charge in [-0.05, 0) is 67.4 Å². The minimum absolute atomic E-state index is 0.251. The van der Waals surface area contributed by atoms with E-state index in [1.807, 2.05) is 37.3 Å². The van der Waals surface area contributed by atoms with Crippen molar-refractivity contribution in [3.8, 4) is 22.8 Å². The highest BCUT2D eigenvalue weighted by Gasteiger charge is 2.14. The molecule has 5 nitrogen and oxygen atoms in total. The second-order valence-electron chi connectivity index (χ2n) is 6.07. The van der Waals surface area contributed by atoms with E-state index >= 15 is 0 Å². The fourth-order valence-corrected chi connectivity index (χ4v) is 2.86. The topological polar surface area (TPSA) is 68.9 Å². The van der Waals surface area contributed by atoms with E-state index in [0.717, 1.165) is 33.6 Å². The van der Waals surface area contributed by atoms with Crippen LogP contribution in [0.4, 0.5) is 0 Å². The van der Waals surface area contributed by atoms with Crippen molar-refractivity contribution in [2.24, 2.45) is 0 Å². The van der Waals surface area contributed by atoms with E-state index in [1.165, 1.54) is 0 Å². The number of fused-ring (bicyclic) bond motifs is 1. The van der Waals surface area contributed by atoms with Crippen molar-refractivity contribution in [2.45, 2.75) is 13.8 Å². The Kier molecular flexibility index (Phi) is 4.71. The van der Waals surface area contributed by atoms with Crippen LogP contribution in [0.25, 0.3) is 28.4 Å². The van der Waals surface area contributed by atoms with Gasteiger partial charge in [0.2, 0.25) is 0 Å². The fourth-order valence-electron chi connectivity index (χ4n) is 2.86. The Labute approximate surface area is 151 Å². The second kappa shape index (κ2) is 6.96. The molecule has 134 valence electrons. The van der Waals surface area contributed by atoms with Crippen molar-refractivity contribution in [1.29, 1.82) is 0 Å². The molecule has 26 heavy (non-hydrogen) atoms. The van der Waals surface area contributed by atoms with Crippen LogP contribution < -0.4 is 9.47 Å². The Morgan fingerprint density at radius 3 is 2.50 bits per heavy atom. The Morgan fingerprint density at radius 2 is 1.88 bits per heavy atom. The summed E-state index contributed by atoms with van der Waals surface area (Å²) in [7, 11) is 3.20. The van der Waals surface area contributed by atoms with Crippen LogP contribution in [0.15, 0.2) is 46.4 Å². The van der Waals surface area contributed by atoms with Crippen LogP contribution in [0.5, 0.6) is 11.5 Å². The molecular formula is C21H20O5. The molecule has 1 N–H and O–H groups in total. The predicted octanol–water partition coefficient (Wildman–Crippen LogP) is 4.91. The number of hydrogen-bond acceptors (Lipinski definition) is 4. The number of furan rings is 1. The molecule has 0 amide bonds. The van der Waals surface area contributed by atoms with Crippen LogP contribution in [0.1, 0.15) is 18.1 Å². The van der Waals surface area contributed by atoms with Crippen LogP contribution in [0, 0.1) is 6.92 Å². The van der Waals surface area contributed by atoms with E-state index in [9.17, 15) is 4.79 Å². The summed E-state index contributed by atoms with van der Waals surface area (Å²) in [6.45, 7) is 3.55. The van der Waals surface area contributed by atoms with Crippen molar-refractivity contribution in [3.05, 3.63) is 53.1 Å². The summed E-state index contributed by atoms with van der Waals surface area (Å²) in [6, 6.07) is 11.4. The quantitative estimate of drug-likeness (QED) is 0.661. The number of carboxylic acid groups (broad SMARTS) is 1. The van der Waals surface area contributed by atoms with Crippen LogP contribution in [-0.2, 0) is 4.79 Å². The van der Waals surface area contributed by atoms with Gasteiger partial charge in [-0.25, -0.2) is 4.79 Å². The summed E-state index contributed by atoms with van der Waals surface area (Å²) in [5, 5.41) is 9.93. The summed E-state index contributed by atoms with van der Waals surface area (Å²) in [6.07, 6.45) is 1.61. The molecule has 0 aliphatic carbocycles. The third-order valence-corrected chi connectivity index (χ3v) is 4.24. The first-order valence-electron chi connectivity index (χ1n) is 8.11. The zero-order valence-electron chi connectivity index (χ0n) is 15.1. The van der Waals surface area contributed by atoms with E-state index in [1.54, 1.807) is 33.3 Å². The molecule has 0 bridgehead atoms. The van der Waals surface area contributed by atoms with E-state index in [2.05, 4.69) is 0 Å². The zero-order chi connectivity index (χ0) is 18.8. The van der Waals surface area contributed by atoms with Gasteiger partial charge in [0.25, 0.3) is 0 Å². The molecule has 5 heteroatoms. The van der Waals surface area contributed by atoms with E-state index < -0.39 is 5.97 Å². The van der Waals surface area contributed by atoms with Crippen LogP contribution in [-0.4, -0.2) is 25.3 Å². The van der Waals surface area contributed by atoms with Gasteiger partial charge in [-0.15, -0.1) is 0 Å². The number of carboxylic acids is 1. The third kappa shape index (κ3) is 3.28. The summed E-state index contributed by atoms with van der Waals surface area (Å²) < 4.78 is 16.7. The standard InChI is InChI=1S/C21H20O5/c1-12-8-16(24-3)5-6-17(12)18-11-15-9-14(7-13(2)21(22)23)10-19(25-4)20(15)26-18/h5-11H,1-4H3,(H,22,23). The van der Waals surface area contributed by atoms with Gasteiger partial charge in [-0.2, -0.15) is 0 Å². The number of rotatable bonds is 5. The fraction of sp³-hybridized carbons (Fsp3) is 0.190. The normalized spacial score (nSPS) is 11.6. The molecule has 0 atom stereocenters. The SMILES string of the molecule is COc1ccc(-c2cc3cc(C=C(C)C(=O)O)cc(OC)c3o2)c(C)c1. The Balaban J connectivity index is 2.13. The lowest BCUT2D eigenvalue weighted by molar-refractivity contribution is -0.132.